The minimum Gasteiger partial charge on any atom is -0.487 e. The van der Waals surface area contributed by atoms with Crippen molar-refractivity contribution < 1.29 is 9.84 Å². The molecular formula is C32H34N2O3. The maximum absolute atomic E-state index is 13.3. The van der Waals surface area contributed by atoms with Crippen LogP contribution in [0.1, 0.15) is 62.4 Å². The zero-order valence-corrected chi connectivity index (χ0v) is 22.0. The van der Waals surface area contributed by atoms with Gasteiger partial charge in [-0.05, 0) is 61.6 Å². The second kappa shape index (κ2) is 9.98. The highest BCUT2D eigenvalue weighted by molar-refractivity contribution is 5.68. The van der Waals surface area contributed by atoms with Crippen LogP contribution in [0.2, 0.25) is 0 Å². The highest BCUT2D eigenvalue weighted by Crippen LogP contribution is 2.41. The Morgan fingerprint density at radius 2 is 1.68 bits per heavy atom. The van der Waals surface area contributed by atoms with Crippen molar-refractivity contribution in [3.63, 3.8) is 0 Å². The molecule has 190 valence electrons. The number of hydrogen-bond donors (Lipinski definition) is 1. The number of ether oxygens (including phenoxy) is 1. The Morgan fingerprint density at radius 1 is 1.00 bits per heavy atom. The van der Waals surface area contributed by atoms with E-state index in [9.17, 15) is 9.90 Å². The molecule has 0 aliphatic carbocycles. The van der Waals surface area contributed by atoms with E-state index in [1.54, 1.807) is 0 Å². The third-order valence-corrected chi connectivity index (χ3v) is 7.13. The van der Waals surface area contributed by atoms with Gasteiger partial charge in [0.15, 0.2) is 0 Å². The van der Waals surface area contributed by atoms with E-state index >= 15 is 0 Å². The Bertz CT molecular complexity index is 1470. The van der Waals surface area contributed by atoms with E-state index in [1.807, 2.05) is 57.2 Å². The van der Waals surface area contributed by atoms with Gasteiger partial charge in [0.25, 0.3) is 5.56 Å². The average molecular weight is 495 g/mol. The molecule has 0 saturated carbocycles. The van der Waals surface area contributed by atoms with Crippen molar-refractivity contribution in [2.24, 2.45) is 0 Å². The van der Waals surface area contributed by atoms with Crippen molar-refractivity contribution >= 4 is 0 Å². The largest absolute Gasteiger partial charge is 0.487 e. The SMILES string of the molecule is CCCc1nc(=O)c(-c2ccc3c(c2)C(O)CC(C)(C)O3)c(C)n1Cc1ccc(-c2ccccc2)cc1. The fourth-order valence-corrected chi connectivity index (χ4v) is 5.26. The van der Waals surface area contributed by atoms with Crippen molar-refractivity contribution in [3.05, 3.63) is 106 Å². The van der Waals surface area contributed by atoms with Gasteiger partial charge in [0.1, 0.15) is 17.2 Å². The van der Waals surface area contributed by atoms with Gasteiger partial charge in [-0.1, -0.05) is 67.6 Å². The molecule has 0 amide bonds. The summed E-state index contributed by atoms with van der Waals surface area (Å²) in [4.78, 5) is 17.8. The molecule has 1 aliphatic rings. The molecule has 3 aromatic carbocycles. The molecular weight excluding hydrogens is 460 g/mol. The van der Waals surface area contributed by atoms with E-state index < -0.39 is 11.7 Å². The third kappa shape index (κ3) is 5.09. The molecule has 0 saturated heterocycles. The van der Waals surface area contributed by atoms with Crippen LogP contribution in [0, 0.1) is 6.92 Å². The maximum Gasteiger partial charge on any atom is 0.281 e. The summed E-state index contributed by atoms with van der Waals surface area (Å²) in [5, 5.41) is 10.8. The van der Waals surface area contributed by atoms with Gasteiger partial charge < -0.3 is 14.4 Å². The number of benzene rings is 3. The van der Waals surface area contributed by atoms with Crippen LogP contribution < -0.4 is 10.3 Å². The summed E-state index contributed by atoms with van der Waals surface area (Å²) in [5.41, 5.74) is 5.76. The smallest absolute Gasteiger partial charge is 0.281 e. The lowest BCUT2D eigenvalue weighted by Gasteiger charge is -2.35. The molecule has 0 fully saturated rings. The van der Waals surface area contributed by atoms with Crippen LogP contribution in [0.15, 0.2) is 77.6 Å². The van der Waals surface area contributed by atoms with Crippen molar-refractivity contribution in [2.45, 2.75) is 65.2 Å². The predicted octanol–water partition coefficient (Wildman–Crippen LogP) is 6.48. The standard InChI is InChI=1S/C32H34N2O3/c1-5-9-29-33-31(36)30(25-16-17-28-26(18-25)27(35)19-32(3,4)37-28)21(2)34(29)20-22-12-14-24(15-13-22)23-10-7-6-8-11-23/h6-8,10-18,27,35H,5,9,19-20H2,1-4H3. The monoisotopic (exact) mass is 494 g/mol. The number of fused-ring (bicyclic) bond motifs is 1. The number of rotatable bonds is 6. The lowest BCUT2D eigenvalue weighted by molar-refractivity contribution is 0.0116. The van der Waals surface area contributed by atoms with Gasteiger partial charge in [-0.3, -0.25) is 4.79 Å². The minimum absolute atomic E-state index is 0.233. The van der Waals surface area contributed by atoms with Crippen molar-refractivity contribution in [1.29, 1.82) is 0 Å². The molecule has 1 unspecified atom stereocenters. The van der Waals surface area contributed by atoms with E-state index in [0.717, 1.165) is 41.1 Å². The molecule has 1 aliphatic heterocycles. The molecule has 1 N–H and O–H groups in total. The highest BCUT2D eigenvalue weighted by Gasteiger charge is 2.33. The molecule has 2 heterocycles. The molecule has 1 atom stereocenters. The van der Waals surface area contributed by atoms with Gasteiger partial charge in [-0.2, -0.15) is 4.98 Å². The Kier molecular flexibility index (Phi) is 6.74. The predicted molar refractivity (Wildman–Crippen MR) is 148 cm³/mol. The molecule has 5 nitrogen and oxygen atoms in total. The first-order chi connectivity index (χ1) is 17.8. The molecule has 0 radical (unpaired) electrons. The Morgan fingerprint density at radius 3 is 2.38 bits per heavy atom. The highest BCUT2D eigenvalue weighted by atomic mass is 16.5. The van der Waals surface area contributed by atoms with Gasteiger partial charge in [0.2, 0.25) is 0 Å². The molecule has 1 aromatic heterocycles. The number of nitrogens with zero attached hydrogens (tertiary/aromatic N) is 2. The van der Waals surface area contributed by atoms with Crippen LogP contribution in [0.5, 0.6) is 5.75 Å². The maximum atomic E-state index is 13.3. The van der Waals surface area contributed by atoms with E-state index in [-0.39, 0.29) is 5.56 Å². The summed E-state index contributed by atoms with van der Waals surface area (Å²) in [6, 6.07) is 24.5. The number of aliphatic hydroxyl groups excluding tert-OH is 1. The van der Waals surface area contributed by atoms with Crippen molar-refractivity contribution in [2.75, 3.05) is 0 Å². The molecule has 37 heavy (non-hydrogen) atoms. The van der Waals surface area contributed by atoms with Crippen LogP contribution in [0.25, 0.3) is 22.3 Å². The van der Waals surface area contributed by atoms with Crippen molar-refractivity contribution in [1.82, 2.24) is 9.55 Å². The molecule has 5 heteroatoms. The van der Waals surface area contributed by atoms with Crippen LogP contribution in [0.4, 0.5) is 0 Å². The van der Waals surface area contributed by atoms with E-state index in [4.69, 9.17) is 4.74 Å². The minimum atomic E-state index is -0.642. The topological polar surface area (TPSA) is 64.3 Å². The van der Waals surface area contributed by atoms with Gasteiger partial charge in [0, 0.05) is 30.6 Å². The first-order valence-corrected chi connectivity index (χ1v) is 13.0. The lowest BCUT2D eigenvalue weighted by Crippen LogP contribution is -2.34. The van der Waals surface area contributed by atoms with Gasteiger partial charge in [-0.25, -0.2) is 0 Å². The fourth-order valence-electron chi connectivity index (χ4n) is 5.26. The van der Waals surface area contributed by atoms with E-state index in [1.165, 1.54) is 11.1 Å². The third-order valence-electron chi connectivity index (χ3n) is 7.13. The van der Waals surface area contributed by atoms with Crippen molar-refractivity contribution in [3.8, 4) is 28.0 Å². The quantitative estimate of drug-likeness (QED) is 0.333. The second-order valence-corrected chi connectivity index (χ2v) is 10.5. The fraction of sp³-hybridized carbons (Fsp3) is 0.312. The van der Waals surface area contributed by atoms with Gasteiger partial charge in [0.05, 0.1) is 11.7 Å². The first kappa shape index (κ1) is 25.0. The molecule has 5 rings (SSSR count). The van der Waals surface area contributed by atoms with Gasteiger partial charge >= 0.3 is 0 Å². The summed E-state index contributed by atoms with van der Waals surface area (Å²) in [5.74, 6) is 1.46. The Labute approximate surface area is 218 Å². The number of aliphatic hydroxyl groups is 1. The summed E-state index contributed by atoms with van der Waals surface area (Å²) < 4.78 is 8.24. The second-order valence-electron chi connectivity index (χ2n) is 10.5. The van der Waals surface area contributed by atoms with Crippen LogP contribution in [-0.2, 0) is 13.0 Å². The summed E-state index contributed by atoms with van der Waals surface area (Å²) in [6.07, 6.45) is 1.48. The first-order valence-electron chi connectivity index (χ1n) is 13.0. The number of hydrogen-bond acceptors (Lipinski definition) is 4. The Balaban J connectivity index is 1.54. The average Bonchev–Trinajstić information content (AvgIpc) is 2.87. The van der Waals surface area contributed by atoms with Crippen LogP contribution in [0.3, 0.4) is 0 Å². The zero-order chi connectivity index (χ0) is 26.2. The molecule has 0 spiro atoms. The summed E-state index contributed by atoms with van der Waals surface area (Å²) in [6.45, 7) is 8.66. The van der Waals surface area contributed by atoms with Crippen LogP contribution >= 0.6 is 0 Å². The zero-order valence-electron chi connectivity index (χ0n) is 22.0. The summed E-state index contributed by atoms with van der Waals surface area (Å²) >= 11 is 0. The number of aromatic nitrogens is 2. The van der Waals surface area contributed by atoms with Gasteiger partial charge in [-0.15, -0.1) is 0 Å². The van der Waals surface area contributed by atoms with Crippen LogP contribution in [-0.4, -0.2) is 20.3 Å². The van der Waals surface area contributed by atoms with E-state index in [0.29, 0.717) is 24.3 Å². The molecule has 4 aromatic rings. The number of aryl methyl sites for hydroxylation is 1. The normalized spacial score (nSPS) is 16.2. The molecule has 0 bridgehead atoms. The summed E-state index contributed by atoms with van der Waals surface area (Å²) in [7, 11) is 0. The Hall–Kier alpha value is -3.70. The van der Waals surface area contributed by atoms with E-state index in [2.05, 4.69) is 52.9 Å². The lowest BCUT2D eigenvalue weighted by atomic mass is 9.90.